The smallest absolute Gasteiger partial charge is 0.262 e. The molecule has 0 atom stereocenters. The fraction of sp³-hybridized carbons (Fsp3) is 0.222. The Labute approximate surface area is 148 Å². The minimum atomic E-state index is -0.622. The first kappa shape index (κ1) is 16.1. The molecule has 0 saturated carbocycles. The van der Waals surface area contributed by atoms with Crippen molar-refractivity contribution in [1.82, 2.24) is 9.88 Å². The minimum Gasteiger partial charge on any atom is -0.384 e. The van der Waals surface area contributed by atoms with Crippen LogP contribution in [0.1, 0.15) is 39.6 Å². The van der Waals surface area contributed by atoms with Gasteiger partial charge >= 0.3 is 0 Å². The van der Waals surface area contributed by atoms with E-state index in [0.29, 0.717) is 25.1 Å². The van der Waals surface area contributed by atoms with Crippen molar-refractivity contribution in [2.75, 3.05) is 17.2 Å². The Hall–Kier alpha value is -3.42. The summed E-state index contributed by atoms with van der Waals surface area (Å²) in [6, 6.07) is 6.37. The highest BCUT2D eigenvalue weighted by molar-refractivity contribution is 6.23. The zero-order valence-electron chi connectivity index (χ0n) is 14.0. The summed E-state index contributed by atoms with van der Waals surface area (Å²) < 4.78 is 1.21. The first-order valence-corrected chi connectivity index (χ1v) is 8.27. The molecule has 1 aromatic heterocycles. The van der Waals surface area contributed by atoms with Gasteiger partial charge in [0.2, 0.25) is 5.91 Å². The summed E-state index contributed by atoms with van der Waals surface area (Å²) in [5, 5.41) is 2.14. The van der Waals surface area contributed by atoms with Gasteiger partial charge in [-0.1, -0.05) is 0 Å². The number of nitrogens with zero attached hydrogens (tertiary/aromatic N) is 2. The molecule has 2 aliphatic rings. The highest BCUT2D eigenvalue weighted by Gasteiger charge is 2.32. The van der Waals surface area contributed by atoms with Gasteiger partial charge in [-0.15, -0.1) is 0 Å². The summed E-state index contributed by atoms with van der Waals surface area (Å²) in [6.45, 7) is 2.47. The van der Waals surface area contributed by atoms with Crippen molar-refractivity contribution in [3.05, 3.63) is 51.3 Å². The Kier molecular flexibility index (Phi) is 3.43. The molecule has 0 radical (unpaired) electrons. The monoisotopic (exact) mass is 352 g/mol. The standard InChI is InChI=1S/C18H16N4O4/c1-2-21-12-5-4-10(7-9(12)3-6-13(21)23)22-14(24)8-11-15(16(22)19)18(26)20-17(11)25/h4-5,7-8H,2-3,6,19H2,1H3,(H,20,25,26). The van der Waals surface area contributed by atoms with Crippen LogP contribution in [0, 0.1) is 0 Å². The van der Waals surface area contributed by atoms with Gasteiger partial charge in [0.1, 0.15) is 5.82 Å². The van der Waals surface area contributed by atoms with E-state index in [4.69, 9.17) is 5.73 Å². The van der Waals surface area contributed by atoms with Crippen LogP contribution >= 0.6 is 0 Å². The molecule has 2 aliphatic heterocycles. The number of carbonyl (C=O) groups is 3. The topological polar surface area (TPSA) is 114 Å². The van der Waals surface area contributed by atoms with E-state index in [1.165, 1.54) is 4.57 Å². The van der Waals surface area contributed by atoms with Crippen LogP contribution in [0.5, 0.6) is 0 Å². The molecule has 0 aliphatic carbocycles. The lowest BCUT2D eigenvalue weighted by Crippen LogP contribution is -2.35. The lowest BCUT2D eigenvalue weighted by molar-refractivity contribution is -0.118. The number of hydrogen-bond donors (Lipinski definition) is 2. The summed E-state index contributed by atoms with van der Waals surface area (Å²) in [5.41, 5.74) is 7.80. The molecule has 3 heterocycles. The Morgan fingerprint density at radius 2 is 1.85 bits per heavy atom. The molecule has 132 valence electrons. The molecule has 2 aromatic rings. The molecule has 8 heteroatoms. The number of nitrogen functional groups attached to an aromatic ring is 1. The van der Waals surface area contributed by atoms with Gasteiger partial charge in [-0.05, 0) is 37.1 Å². The largest absolute Gasteiger partial charge is 0.384 e. The van der Waals surface area contributed by atoms with Gasteiger partial charge in [0, 0.05) is 24.7 Å². The quantitative estimate of drug-likeness (QED) is 0.768. The molecule has 0 unspecified atom stereocenters. The van der Waals surface area contributed by atoms with Gasteiger partial charge in [-0.2, -0.15) is 0 Å². The molecule has 0 fully saturated rings. The molecule has 3 amide bonds. The number of pyridine rings is 1. The summed E-state index contributed by atoms with van der Waals surface area (Å²) >= 11 is 0. The lowest BCUT2D eigenvalue weighted by atomic mass is 10.00. The van der Waals surface area contributed by atoms with Crippen LogP contribution in [0.2, 0.25) is 0 Å². The van der Waals surface area contributed by atoms with Gasteiger partial charge in [0.05, 0.1) is 16.8 Å². The fourth-order valence-electron chi connectivity index (χ4n) is 3.58. The molecule has 3 N–H and O–H groups in total. The maximum absolute atomic E-state index is 12.5. The normalized spacial score (nSPS) is 15.7. The molecule has 0 saturated heterocycles. The lowest BCUT2D eigenvalue weighted by Gasteiger charge is -2.29. The van der Waals surface area contributed by atoms with Crippen LogP contribution in [0.3, 0.4) is 0 Å². The van der Waals surface area contributed by atoms with Gasteiger partial charge in [0.25, 0.3) is 17.4 Å². The number of amides is 3. The van der Waals surface area contributed by atoms with E-state index in [1.807, 2.05) is 6.92 Å². The summed E-state index contributed by atoms with van der Waals surface area (Å²) in [7, 11) is 0. The van der Waals surface area contributed by atoms with Gasteiger partial charge < -0.3 is 10.6 Å². The second-order valence-corrected chi connectivity index (χ2v) is 6.23. The molecular formula is C18H16N4O4. The van der Waals surface area contributed by atoms with Crippen molar-refractivity contribution in [3.8, 4) is 5.69 Å². The van der Waals surface area contributed by atoms with Crippen LogP contribution in [0.4, 0.5) is 11.5 Å². The maximum atomic E-state index is 12.5. The molecule has 4 rings (SSSR count). The second-order valence-electron chi connectivity index (χ2n) is 6.23. The summed E-state index contributed by atoms with van der Waals surface area (Å²) in [5.74, 6) is -1.24. The van der Waals surface area contributed by atoms with Crippen LogP contribution in [-0.4, -0.2) is 28.8 Å². The third kappa shape index (κ3) is 2.15. The number of aryl methyl sites for hydroxylation is 1. The van der Waals surface area contributed by atoms with Crippen LogP contribution in [0.25, 0.3) is 5.69 Å². The van der Waals surface area contributed by atoms with E-state index in [2.05, 4.69) is 5.32 Å². The van der Waals surface area contributed by atoms with Crippen molar-refractivity contribution in [2.45, 2.75) is 19.8 Å². The number of carbonyl (C=O) groups excluding carboxylic acids is 3. The Morgan fingerprint density at radius 3 is 2.58 bits per heavy atom. The zero-order valence-corrected chi connectivity index (χ0v) is 14.0. The number of fused-ring (bicyclic) bond motifs is 2. The Morgan fingerprint density at radius 1 is 1.08 bits per heavy atom. The SMILES string of the molecule is CCN1C(=O)CCc2cc(-n3c(N)c4c(cc3=O)C(=O)NC4=O)ccc21. The first-order chi connectivity index (χ1) is 12.4. The van der Waals surface area contributed by atoms with Crippen molar-refractivity contribution in [3.63, 3.8) is 0 Å². The van der Waals surface area contributed by atoms with Crippen molar-refractivity contribution in [1.29, 1.82) is 0 Å². The zero-order chi connectivity index (χ0) is 18.6. The number of nitrogens with one attached hydrogen (secondary N) is 1. The predicted octanol–water partition coefficient (Wildman–Crippen LogP) is 0.602. The number of hydrogen-bond acceptors (Lipinski definition) is 5. The Balaban J connectivity index is 1.89. The molecule has 0 spiro atoms. The number of nitrogens with two attached hydrogens (primary N) is 1. The average molecular weight is 352 g/mol. The summed E-state index contributed by atoms with van der Waals surface area (Å²) in [6.07, 6.45) is 0.965. The number of imide groups is 1. The second kappa shape index (κ2) is 5.55. The van der Waals surface area contributed by atoms with Crippen molar-refractivity contribution in [2.24, 2.45) is 0 Å². The number of benzene rings is 1. The molecule has 8 nitrogen and oxygen atoms in total. The predicted molar refractivity (Wildman–Crippen MR) is 94.6 cm³/mol. The fourth-order valence-corrected chi connectivity index (χ4v) is 3.58. The van der Waals surface area contributed by atoms with Gasteiger partial charge in [-0.25, -0.2) is 0 Å². The highest BCUT2D eigenvalue weighted by Crippen LogP contribution is 2.31. The number of aromatic nitrogens is 1. The maximum Gasteiger partial charge on any atom is 0.262 e. The van der Waals surface area contributed by atoms with E-state index in [0.717, 1.165) is 17.3 Å². The minimum absolute atomic E-state index is 0.00513. The third-order valence-electron chi connectivity index (χ3n) is 4.79. The van der Waals surface area contributed by atoms with E-state index in [1.54, 1.807) is 23.1 Å². The molecular weight excluding hydrogens is 336 g/mol. The molecule has 1 aromatic carbocycles. The number of rotatable bonds is 2. The van der Waals surface area contributed by atoms with Crippen molar-refractivity contribution < 1.29 is 14.4 Å². The van der Waals surface area contributed by atoms with E-state index in [-0.39, 0.29) is 22.9 Å². The summed E-state index contributed by atoms with van der Waals surface area (Å²) in [4.78, 5) is 50.0. The average Bonchev–Trinajstić information content (AvgIpc) is 2.88. The van der Waals surface area contributed by atoms with Gasteiger partial charge in [-0.3, -0.25) is 29.1 Å². The van der Waals surface area contributed by atoms with Gasteiger partial charge in [0.15, 0.2) is 0 Å². The van der Waals surface area contributed by atoms with E-state index in [9.17, 15) is 19.2 Å². The number of anilines is 2. The van der Waals surface area contributed by atoms with Crippen LogP contribution in [0.15, 0.2) is 29.1 Å². The van der Waals surface area contributed by atoms with E-state index >= 15 is 0 Å². The van der Waals surface area contributed by atoms with Crippen LogP contribution < -0.4 is 21.5 Å². The van der Waals surface area contributed by atoms with Crippen LogP contribution in [-0.2, 0) is 11.2 Å². The first-order valence-electron chi connectivity index (χ1n) is 8.27. The highest BCUT2D eigenvalue weighted by atomic mass is 16.2. The molecule has 0 bridgehead atoms. The third-order valence-corrected chi connectivity index (χ3v) is 4.79. The van der Waals surface area contributed by atoms with Crippen molar-refractivity contribution >= 4 is 29.2 Å². The Bertz CT molecular complexity index is 1050. The van der Waals surface area contributed by atoms with E-state index < -0.39 is 17.4 Å². The molecule has 26 heavy (non-hydrogen) atoms.